The van der Waals surface area contributed by atoms with Gasteiger partial charge in [-0.2, -0.15) is 13.2 Å². The number of nitrogens with one attached hydrogen (secondary N) is 1. The quantitative estimate of drug-likeness (QED) is 0.340. The van der Waals surface area contributed by atoms with E-state index in [-0.39, 0.29) is 40.7 Å². The third-order valence-electron chi connectivity index (χ3n) is 6.49. The molecule has 1 N–H and O–H groups in total. The van der Waals surface area contributed by atoms with Crippen molar-refractivity contribution >= 4 is 40.8 Å². The minimum Gasteiger partial charge on any atom is -0.466 e. The second kappa shape index (κ2) is 11.2. The molecule has 0 bridgehead atoms. The normalized spacial score (nSPS) is 17.3. The van der Waals surface area contributed by atoms with Gasteiger partial charge in [0.05, 0.1) is 35.1 Å². The van der Waals surface area contributed by atoms with E-state index in [1.807, 2.05) is 0 Å². The van der Waals surface area contributed by atoms with Crippen LogP contribution in [-0.4, -0.2) is 24.7 Å². The van der Waals surface area contributed by atoms with Crippen LogP contribution in [0.1, 0.15) is 56.6 Å². The minimum absolute atomic E-state index is 0.150. The summed E-state index contributed by atoms with van der Waals surface area (Å²) in [5, 5.41) is 3.15. The number of esters is 1. The number of anilines is 1. The van der Waals surface area contributed by atoms with Gasteiger partial charge in [0, 0.05) is 5.02 Å². The molecule has 0 radical (unpaired) electrons. The summed E-state index contributed by atoms with van der Waals surface area (Å²) in [5.74, 6) is -4.89. The first kappa shape index (κ1) is 27.3. The van der Waals surface area contributed by atoms with Crippen molar-refractivity contribution in [3.05, 3.63) is 63.6 Å². The molecule has 1 aliphatic carbocycles. The zero-order valence-corrected chi connectivity index (χ0v) is 21.2. The van der Waals surface area contributed by atoms with Gasteiger partial charge in [0.15, 0.2) is 0 Å². The largest absolute Gasteiger partial charge is 0.466 e. The summed E-state index contributed by atoms with van der Waals surface area (Å²) < 4.78 is 46.2. The summed E-state index contributed by atoms with van der Waals surface area (Å²) >= 11 is 12.2. The Hall–Kier alpha value is -2.25. The van der Waals surface area contributed by atoms with Crippen molar-refractivity contribution in [2.75, 3.05) is 11.9 Å². The molecule has 0 aromatic heterocycles. The zero-order chi connectivity index (χ0) is 25.9. The Bertz CT molecular complexity index is 1050. The van der Waals surface area contributed by atoms with E-state index in [9.17, 15) is 22.8 Å². The maximum atomic E-state index is 13.7. The standard InChI is InChI=1S/C26H28Cl2F3NO3/c1-4-35-25(34)14(2)22(16-5-6-16)18-9-12-20(28)21(13-18)32-24(33)23(15(3)26(29,30)31)17-7-10-19(27)11-8-17/h7-16,22-23H,4-6H2,1-3H3,(H,32,33)/t14-,15+,22+,23-/m0/s1. The van der Waals surface area contributed by atoms with E-state index in [1.165, 1.54) is 24.3 Å². The topological polar surface area (TPSA) is 55.4 Å². The highest BCUT2D eigenvalue weighted by Crippen LogP contribution is 2.48. The van der Waals surface area contributed by atoms with Crippen LogP contribution in [0.4, 0.5) is 18.9 Å². The predicted octanol–water partition coefficient (Wildman–Crippen LogP) is 7.61. The molecule has 190 valence electrons. The number of halogens is 5. The molecule has 1 fully saturated rings. The van der Waals surface area contributed by atoms with Gasteiger partial charge in [0.1, 0.15) is 0 Å². The molecule has 9 heteroatoms. The van der Waals surface area contributed by atoms with Crippen molar-refractivity contribution in [3.63, 3.8) is 0 Å². The minimum atomic E-state index is -4.60. The van der Waals surface area contributed by atoms with Gasteiger partial charge < -0.3 is 10.1 Å². The van der Waals surface area contributed by atoms with E-state index in [0.29, 0.717) is 5.02 Å². The van der Waals surface area contributed by atoms with Crippen molar-refractivity contribution in [3.8, 4) is 0 Å². The van der Waals surface area contributed by atoms with Gasteiger partial charge >= 0.3 is 12.1 Å². The summed E-state index contributed by atoms with van der Waals surface area (Å²) in [4.78, 5) is 25.6. The van der Waals surface area contributed by atoms with Crippen molar-refractivity contribution in [2.45, 2.75) is 51.6 Å². The van der Waals surface area contributed by atoms with Crippen LogP contribution in [0.3, 0.4) is 0 Å². The van der Waals surface area contributed by atoms with E-state index < -0.39 is 29.8 Å². The van der Waals surface area contributed by atoms with Crippen molar-refractivity contribution in [1.29, 1.82) is 0 Å². The second-order valence-electron chi connectivity index (χ2n) is 8.99. The molecule has 0 spiro atoms. The van der Waals surface area contributed by atoms with Gasteiger partial charge in [-0.15, -0.1) is 0 Å². The Kier molecular flexibility index (Phi) is 8.76. The lowest BCUT2D eigenvalue weighted by atomic mass is 9.83. The molecule has 1 aliphatic rings. The van der Waals surface area contributed by atoms with Crippen LogP contribution < -0.4 is 5.32 Å². The average Bonchev–Trinajstić information content (AvgIpc) is 3.62. The number of alkyl halides is 3. The molecule has 0 heterocycles. The van der Waals surface area contributed by atoms with Crippen LogP contribution in [0, 0.1) is 17.8 Å². The zero-order valence-electron chi connectivity index (χ0n) is 19.7. The van der Waals surface area contributed by atoms with Crippen molar-refractivity contribution in [1.82, 2.24) is 0 Å². The van der Waals surface area contributed by atoms with Crippen LogP contribution >= 0.6 is 23.2 Å². The maximum Gasteiger partial charge on any atom is 0.392 e. The summed E-state index contributed by atoms with van der Waals surface area (Å²) in [7, 11) is 0. The summed E-state index contributed by atoms with van der Waals surface area (Å²) in [6.45, 7) is 4.79. The number of amides is 1. The van der Waals surface area contributed by atoms with Crippen LogP contribution in [0.2, 0.25) is 10.0 Å². The van der Waals surface area contributed by atoms with Crippen LogP contribution in [-0.2, 0) is 14.3 Å². The monoisotopic (exact) mass is 529 g/mol. The van der Waals surface area contributed by atoms with Crippen LogP contribution in [0.15, 0.2) is 42.5 Å². The molecule has 0 unspecified atom stereocenters. The average molecular weight is 530 g/mol. The summed E-state index contributed by atoms with van der Waals surface area (Å²) in [5.41, 5.74) is 1.17. The number of ether oxygens (including phenoxy) is 1. The number of carbonyl (C=O) groups is 2. The number of benzene rings is 2. The highest BCUT2D eigenvalue weighted by atomic mass is 35.5. The maximum absolute atomic E-state index is 13.7. The summed E-state index contributed by atoms with van der Waals surface area (Å²) in [6.07, 6.45) is -2.68. The van der Waals surface area contributed by atoms with Crippen LogP contribution in [0.5, 0.6) is 0 Å². The molecule has 1 saturated carbocycles. The molecule has 0 saturated heterocycles. The fourth-order valence-corrected chi connectivity index (χ4v) is 4.72. The van der Waals surface area contributed by atoms with E-state index in [4.69, 9.17) is 27.9 Å². The van der Waals surface area contributed by atoms with Crippen molar-refractivity contribution < 1.29 is 27.5 Å². The Morgan fingerprint density at radius 1 is 1.06 bits per heavy atom. The third kappa shape index (κ3) is 6.70. The van der Waals surface area contributed by atoms with E-state index in [1.54, 1.807) is 32.0 Å². The highest BCUT2D eigenvalue weighted by molar-refractivity contribution is 6.33. The Balaban J connectivity index is 1.92. The number of hydrogen-bond donors (Lipinski definition) is 1. The van der Waals surface area contributed by atoms with Crippen molar-refractivity contribution in [2.24, 2.45) is 17.8 Å². The van der Waals surface area contributed by atoms with E-state index in [2.05, 4.69) is 5.32 Å². The summed E-state index contributed by atoms with van der Waals surface area (Å²) in [6, 6.07) is 10.7. The molecule has 1 amide bonds. The lowest BCUT2D eigenvalue weighted by molar-refractivity contribution is -0.178. The first-order valence-electron chi connectivity index (χ1n) is 11.5. The SMILES string of the molecule is CCOC(=O)[C@@H](C)[C@@H](c1ccc(Cl)c(NC(=O)[C@H](c2ccc(Cl)cc2)[C@@H](C)C(F)(F)F)c1)C1CC1. The second-order valence-corrected chi connectivity index (χ2v) is 9.84. The smallest absolute Gasteiger partial charge is 0.392 e. The number of hydrogen-bond acceptors (Lipinski definition) is 3. The Morgan fingerprint density at radius 2 is 1.66 bits per heavy atom. The molecule has 4 atom stereocenters. The van der Waals surface area contributed by atoms with Crippen LogP contribution in [0.25, 0.3) is 0 Å². The Labute approximate surface area is 213 Å². The molecule has 35 heavy (non-hydrogen) atoms. The Morgan fingerprint density at radius 3 is 2.20 bits per heavy atom. The van der Waals surface area contributed by atoms with Gasteiger partial charge in [-0.25, -0.2) is 0 Å². The van der Waals surface area contributed by atoms with Gasteiger partial charge in [-0.1, -0.05) is 55.2 Å². The van der Waals surface area contributed by atoms with Gasteiger partial charge in [-0.3, -0.25) is 9.59 Å². The fraction of sp³-hybridized carbons (Fsp3) is 0.462. The molecule has 2 aromatic rings. The lowest BCUT2D eigenvalue weighted by Crippen LogP contribution is -2.34. The predicted molar refractivity (Wildman–Crippen MR) is 131 cm³/mol. The van der Waals surface area contributed by atoms with E-state index in [0.717, 1.165) is 25.3 Å². The fourth-order valence-electron chi connectivity index (χ4n) is 4.43. The molecule has 3 rings (SSSR count). The highest BCUT2D eigenvalue weighted by Gasteiger charge is 2.45. The first-order valence-corrected chi connectivity index (χ1v) is 12.3. The number of carbonyl (C=O) groups excluding carboxylic acids is 2. The number of rotatable bonds is 9. The molecule has 2 aromatic carbocycles. The van der Waals surface area contributed by atoms with Gasteiger partial charge in [0.25, 0.3) is 0 Å². The first-order chi connectivity index (χ1) is 16.4. The van der Waals surface area contributed by atoms with Gasteiger partial charge in [-0.05, 0) is 67.0 Å². The molecular weight excluding hydrogens is 502 g/mol. The lowest BCUT2D eigenvalue weighted by Gasteiger charge is -2.27. The van der Waals surface area contributed by atoms with E-state index >= 15 is 0 Å². The molecule has 0 aliphatic heterocycles. The van der Waals surface area contributed by atoms with Gasteiger partial charge in [0.2, 0.25) is 5.91 Å². The third-order valence-corrected chi connectivity index (χ3v) is 7.07. The molecular formula is C26H28Cl2F3NO3. The molecule has 4 nitrogen and oxygen atoms in total.